The van der Waals surface area contributed by atoms with Gasteiger partial charge in [0.1, 0.15) is 11.5 Å². The molecule has 7 nitrogen and oxygen atoms in total. The number of carbonyl (C=O) groups excluding carboxylic acids is 2. The van der Waals surface area contributed by atoms with Crippen LogP contribution in [0.4, 0.5) is 18.9 Å². The molecule has 0 radical (unpaired) electrons. The summed E-state index contributed by atoms with van der Waals surface area (Å²) in [6.45, 7) is 3.91. The summed E-state index contributed by atoms with van der Waals surface area (Å²) in [5.74, 6) is -0.175. The number of nitrogens with one attached hydrogen (secondary N) is 2. The van der Waals surface area contributed by atoms with Gasteiger partial charge < -0.3 is 20.1 Å². The van der Waals surface area contributed by atoms with Crippen LogP contribution in [0.25, 0.3) is 0 Å². The van der Waals surface area contributed by atoms with Crippen molar-refractivity contribution in [3.63, 3.8) is 0 Å². The second-order valence-corrected chi connectivity index (χ2v) is 7.86. The largest absolute Gasteiger partial charge is 0.573 e. The highest BCUT2D eigenvalue weighted by atomic mass is 19.4. The number of amides is 2. The van der Waals surface area contributed by atoms with Crippen LogP contribution in [0.3, 0.4) is 0 Å². The molecule has 180 valence electrons. The first kappa shape index (κ1) is 26.0. The molecule has 0 aromatic heterocycles. The number of hydrogen-bond acceptors (Lipinski definition) is 5. The van der Waals surface area contributed by atoms with Crippen LogP contribution in [0.5, 0.6) is 11.5 Å². The molecule has 0 saturated carbocycles. The number of halogens is 3. The van der Waals surface area contributed by atoms with Gasteiger partial charge in [0.25, 0.3) is 0 Å². The summed E-state index contributed by atoms with van der Waals surface area (Å²) in [5.41, 5.74) is 1.25. The van der Waals surface area contributed by atoms with Crippen LogP contribution in [0.2, 0.25) is 0 Å². The quantitative estimate of drug-likeness (QED) is 0.553. The standard InChI is InChI=1S/C23H28F3N3O4/c1-15(2)22(16-5-9-18(32-4)10-6-16)28-21(31)14-29(3)13-20(30)27-17-7-11-19(12-8-17)33-23(24,25)26/h5-12,15,22H,13-14H2,1-4H3,(H,27,30)(H,28,31)/t22-/m0/s1. The molecule has 0 aliphatic heterocycles. The molecule has 2 amide bonds. The molecule has 0 aliphatic carbocycles. The Morgan fingerprint density at radius 1 is 0.939 bits per heavy atom. The number of likely N-dealkylation sites (N-methyl/N-ethyl adjacent to an activating group) is 1. The lowest BCUT2D eigenvalue weighted by Crippen LogP contribution is -2.41. The molecule has 2 aromatic rings. The zero-order valence-corrected chi connectivity index (χ0v) is 18.9. The Morgan fingerprint density at radius 2 is 1.48 bits per heavy atom. The highest BCUT2D eigenvalue weighted by Gasteiger charge is 2.31. The number of methoxy groups -OCH3 is 1. The summed E-state index contributed by atoms with van der Waals surface area (Å²) < 4.78 is 45.6. The average Bonchev–Trinajstić information content (AvgIpc) is 2.72. The van der Waals surface area contributed by atoms with E-state index in [1.807, 2.05) is 38.1 Å². The normalized spacial score (nSPS) is 12.4. The minimum Gasteiger partial charge on any atom is -0.497 e. The van der Waals surface area contributed by atoms with Crippen LogP contribution in [-0.2, 0) is 9.59 Å². The number of carbonyl (C=O) groups is 2. The van der Waals surface area contributed by atoms with Crippen molar-refractivity contribution >= 4 is 17.5 Å². The van der Waals surface area contributed by atoms with Crippen LogP contribution < -0.4 is 20.1 Å². The Hall–Kier alpha value is -3.27. The van der Waals surface area contributed by atoms with Gasteiger partial charge in [0, 0.05) is 5.69 Å². The maximum atomic E-state index is 12.5. The number of ether oxygens (including phenoxy) is 2. The minimum absolute atomic E-state index is 0.00877. The fraction of sp³-hybridized carbons (Fsp3) is 0.391. The lowest BCUT2D eigenvalue weighted by Gasteiger charge is -2.24. The van der Waals surface area contributed by atoms with Gasteiger partial charge in [0.15, 0.2) is 0 Å². The molecular formula is C23H28F3N3O4. The minimum atomic E-state index is -4.78. The Balaban J connectivity index is 1.86. The average molecular weight is 467 g/mol. The van der Waals surface area contributed by atoms with E-state index in [-0.39, 0.29) is 36.7 Å². The van der Waals surface area contributed by atoms with Gasteiger partial charge in [-0.2, -0.15) is 0 Å². The molecule has 2 N–H and O–H groups in total. The van der Waals surface area contributed by atoms with E-state index in [2.05, 4.69) is 15.4 Å². The van der Waals surface area contributed by atoms with Gasteiger partial charge in [-0.15, -0.1) is 13.2 Å². The molecule has 0 unspecified atom stereocenters. The molecule has 2 rings (SSSR count). The molecule has 33 heavy (non-hydrogen) atoms. The van der Waals surface area contributed by atoms with Crippen molar-refractivity contribution in [2.45, 2.75) is 26.3 Å². The lowest BCUT2D eigenvalue weighted by molar-refractivity contribution is -0.274. The van der Waals surface area contributed by atoms with Crippen molar-refractivity contribution in [1.82, 2.24) is 10.2 Å². The Labute approximate surface area is 190 Å². The van der Waals surface area contributed by atoms with E-state index in [0.717, 1.165) is 23.4 Å². The topological polar surface area (TPSA) is 79.9 Å². The van der Waals surface area contributed by atoms with E-state index >= 15 is 0 Å². The summed E-state index contributed by atoms with van der Waals surface area (Å²) in [6.07, 6.45) is -4.78. The van der Waals surface area contributed by atoms with Crippen molar-refractivity contribution in [2.24, 2.45) is 5.92 Å². The van der Waals surface area contributed by atoms with Gasteiger partial charge in [-0.1, -0.05) is 26.0 Å². The molecule has 0 aliphatic rings. The van der Waals surface area contributed by atoms with Crippen LogP contribution in [-0.4, -0.2) is 50.3 Å². The second kappa shape index (κ2) is 11.6. The monoisotopic (exact) mass is 467 g/mol. The first-order valence-corrected chi connectivity index (χ1v) is 10.2. The maximum Gasteiger partial charge on any atom is 0.573 e. The second-order valence-electron chi connectivity index (χ2n) is 7.86. The first-order chi connectivity index (χ1) is 15.5. The predicted octanol–water partition coefficient (Wildman–Crippen LogP) is 3.98. The number of rotatable bonds is 10. The number of anilines is 1. The number of alkyl halides is 3. The lowest BCUT2D eigenvalue weighted by atomic mass is 9.96. The third kappa shape index (κ3) is 9.01. The Morgan fingerprint density at radius 3 is 2.00 bits per heavy atom. The van der Waals surface area contributed by atoms with Gasteiger partial charge in [0.2, 0.25) is 11.8 Å². The van der Waals surface area contributed by atoms with Crippen LogP contribution in [0.15, 0.2) is 48.5 Å². The van der Waals surface area contributed by atoms with E-state index in [9.17, 15) is 22.8 Å². The number of benzene rings is 2. The first-order valence-electron chi connectivity index (χ1n) is 10.2. The third-order valence-corrected chi connectivity index (χ3v) is 4.66. The molecule has 0 heterocycles. The molecule has 0 bridgehead atoms. The zero-order valence-electron chi connectivity index (χ0n) is 18.9. The van der Waals surface area contributed by atoms with Crippen LogP contribution in [0.1, 0.15) is 25.5 Å². The van der Waals surface area contributed by atoms with Gasteiger partial charge in [-0.3, -0.25) is 14.5 Å². The van der Waals surface area contributed by atoms with Crippen LogP contribution in [0, 0.1) is 5.92 Å². The van der Waals surface area contributed by atoms with E-state index in [4.69, 9.17) is 4.74 Å². The number of hydrogen-bond donors (Lipinski definition) is 2. The highest BCUT2D eigenvalue weighted by Crippen LogP contribution is 2.25. The fourth-order valence-electron chi connectivity index (χ4n) is 3.15. The van der Waals surface area contributed by atoms with Gasteiger partial charge in [-0.25, -0.2) is 0 Å². The Kier molecular flexibility index (Phi) is 9.10. The highest BCUT2D eigenvalue weighted by molar-refractivity contribution is 5.92. The molecular weight excluding hydrogens is 439 g/mol. The van der Waals surface area contributed by atoms with Crippen LogP contribution >= 0.6 is 0 Å². The van der Waals surface area contributed by atoms with E-state index < -0.39 is 12.3 Å². The zero-order chi connectivity index (χ0) is 24.6. The molecule has 2 aromatic carbocycles. The summed E-state index contributed by atoms with van der Waals surface area (Å²) in [4.78, 5) is 26.3. The number of nitrogens with zero attached hydrogens (tertiary/aromatic N) is 1. The third-order valence-electron chi connectivity index (χ3n) is 4.66. The molecule has 0 spiro atoms. The predicted molar refractivity (Wildman–Crippen MR) is 118 cm³/mol. The summed E-state index contributed by atoms with van der Waals surface area (Å²) in [6, 6.07) is 12.0. The van der Waals surface area contributed by atoms with Gasteiger partial charge >= 0.3 is 6.36 Å². The van der Waals surface area contributed by atoms with Crippen molar-refractivity contribution < 1.29 is 32.2 Å². The van der Waals surface area contributed by atoms with E-state index in [1.54, 1.807) is 14.2 Å². The molecule has 1 atom stereocenters. The van der Waals surface area contributed by atoms with Crippen molar-refractivity contribution in [3.8, 4) is 11.5 Å². The smallest absolute Gasteiger partial charge is 0.497 e. The van der Waals surface area contributed by atoms with Crippen molar-refractivity contribution in [3.05, 3.63) is 54.1 Å². The van der Waals surface area contributed by atoms with Crippen molar-refractivity contribution in [1.29, 1.82) is 0 Å². The molecule has 0 saturated heterocycles. The Bertz CT molecular complexity index is 916. The fourth-order valence-corrected chi connectivity index (χ4v) is 3.15. The maximum absolute atomic E-state index is 12.5. The summed E-state index contributed by atoms with van der Waals surface area (Å²) in [5, 5.41) is 5.56. The van der Waals surface area contributed by atoms with Gasteiger partial charge in [0.05, 0.1) is 26.2 Å². The van der Waals surface area contributed by atoms with E-state index in [1.165, 1.54) is 17.0 Å². The van der Waals surface area contributed by atoms with E-state index in [0.29, 0.717) is 5.69 Å². The van der Waals surface area contributed by atoms with Crippen molar-refractivity contribution in [2.75, 3.05) is 32.6 Å². The molecule has 0 fully saturated rings. The summed E-state index contributed by atoms with van der Waals surface area (Å²) >= 11 is 0. The molecule has 10 heteroatoms. The van der Waals surface area contributed by atoms with Gasteiger partial charge in [-0.05, 0) is 54.9 Å². The summed E-state index contributed by atoms with van der Waals surface area (Å²) in [7, 11) is 3.21. The SMILES string of the molecule is COc1ccc([C@@H](NC(=O)CN(C)CC(=O)Nc2ccc(OC(F)(F)F)cc2)C(C)C)cc1.